The summed E-state index contributed by atoms with van der Waals surface area (Å²) in [5, 5.41) is 11.3. The summed E-state index contributed by atoms with van der Waals surface area (Å²) < 4.78 is 0. The zero-order valence-corrected chi connectivity index (χ0v) is 10.6. The van der Waals surface area contributed by atoms with E-state index in [4.69, 9.17) is 5.11 Å². The average molecular weight is 242 g/mol. The number of carboxylic acids is 1. The SMILES string of the molecule is CCCC1CCCCN1C(=O)N[C@@H](C)C(=O)O. The predicted octanol–water partition coefficient (Wildman–Crippen LogP) is 1.82. The number of likely N-dealkylation sites (tertiary alicyclic amines) is 1. The molecular formula is C12H22N2O3. The molecule has 17 heavy (non-hydrogen) atoms. The Morgan fingerprint density at radius 3 is 2.76 bits per heavy atom. The van der Waals surface area contributed by atoms with Gasteiger partial charge in [0.15, 0.2) is 0 Å². The van der Waals surface area contributed by atoms with E-state index in [0.717, 1.165) is 38.6 Å². The average Bonchev–Trinajstić information content (AvgIpc) is 2.29. The molecule has 5 nitrogen and oxygen atoms in total. The highest BCUT2D eigenvalue weighted by atomic mass is 16.4. The molecule has 0 saturated carbocycles. The molecule has 0 aromatic carbocycles. The first-order chi connectivity index (χ1) is 8.06. The van der Waals surface area contributed by atoms with Gasteiger partial charge in [-0.3, -0.25) is 4.79 Å². The minimum Gasteiger partial charge on any atom is -0.480 e. The first kappa shape index (κ1) is 13.8. The maximum Gasteiger partial charge on any atom is 0.325 e. The molecule has 0 aromatic heterocycles. The molecule has 1 heterocycles. The third-order valence-electron chi connectivity index (χ3n) is 3.22. The largest absolute Gasteiger partial charge is 0.480 e. The second-order valence-corrected chi connectivity index (χ2v) is 4.64. The topological polar surface area (TPSA) is 69.6 Å². The zero-order valence-electron chi connectivity index (χ0n) is 10.6. The van der Waals surface area contributed by atoms with Crippen molar-refractivity contribution in [2.75, 3.05) is 6.54 Å². The van der Waals surface area contributed by atoms with Crippen molar-refractivity contribution in [2.24, 2.45) is 0 Å². The Labute approximate surface area is 102 Å². The highest BCUT2D eigenvalue weighted by Gasteiger charge is 2.27. The minimum atomic E-state index is -0.998. The Morgan fingerprint density at radius 1 is 1.47 bits per heavy atom. The number of piperidine rings is 1. The highest BCUT2D eigenvalue weighted by molar-refractivity contribution is 5.82. The van der Waals surface area contributed by atoms with Gasteiger partial charge in [-0.1, -0.05) is 13.3 Å². The van der Waals surface area contributed by atoms with Crippen molar-refractivity contribution in [3.63, 3.8) is 0 Å². The van der Waals surface area contributed by atoms with E-state index in [1.165, 1.54) is 6.92 Å². The molecule has 98 valence electrons. The van der Waals surface area contributed by atoms with Gasteiger partial charge in [0, 0.05) is 12.6 Å². The van der Waals surface area contributed by atoms with E-state index in [0.29, 0.717) is 0 Å². The molecule has 2 atom stereocenters. The molecule has 1 saturated heterocycles. The Morgan fingerprint density at radius 2 is 2.18 bits per heavy atom. The molecule has 0 radical (unpaired) electrons. The summed E-state index contributed by atoms with van der Waals surface area (Å²) in [5.41, 5.74) is 0. The molecule has 1 aliphatic rings. The summed E-state index contributed by atoms with van der Waals surface area (Å²) in [6.45, 7) is 4.33. The number of nitrogens with zero attached hydrogens (tertiary/aromatic N) is 1. The standard InChI is InChI=1S/C12H22N2O3/c1-3-6-10-7-4-5-8-14(10)12(17)13-9(2)11(15)16/h9-10H,3-8H2,1-2H3,(H,13,17)(H,15,16)/t9-,10?/m0/s1. The van der Waals surface area contributed by atoms with Crippen molar-refractivity contribution in [3.8, 4) is 0 Å². The smallest absolute Gasteiger partial charge is 0.325 e. The van der Waals surface area contributed by atoms with Crippen LogP contribution in [0.25, 0.3) is 0 Å². The molecule has 0 aromatic rings. The van der Waals surface area contributed by atoms with Gasteiger partial charge in [0.1, 0.15) is 6.04 Å². The van der Waals surface area contributed by atoms with Crippen LogP contribution < -0.4 is 5.32 Å². The quantitative estimate of drug-likeness (QED) is 0.790. The van der Waals surface area contributed by atoms with E-state index in [2.05, 4.69) is 12.2 Å². The van der Waals surface area contributed by atoms with E-state index >= 15 is 0 Å². The third-order valence-corrected chi connectivity index (χ3v) is 3.22. The van der Waals surface area contributed by atoms with Crippen LogP contribution in [-0.4, -0.2) is 40.6 Å². The summed E-state index contributed by atoms with van der Waals surface area (Å²) >= 11 is 0. The van der Waals surface area contributed by atoms with E-state index in [1.54, 1.807) is 4.90 Å². The van der Waals surface area contributed by atoms with E-state index in [9.17, 15) is 9.59 Å². The van der Waals surface area contributed by atoms with Gasteiger partial charge in [0.05, 0.1) is 0 Å². The van der Waals surface area contributed by atoms with Crippen LogP contribution >= 0.6 is 0 Å². The lowest BCUT2D eigenvalue weighted by Gasteiger charge is -2.36. The molecule has 1 fully saturated rings. The fraction of sp³-hybridized carbons (Fsp3) is 0.833. The van der Waals surface area contributed by atoms with Gasteiger partial charge in [-0.25, -0.2) is 4.79 Å². The number of urea groups is 1. The second-order valence-electron chi connectivity index (χ2n) is 4.64. The Balaban J connectivity index is 2.55. The molecule has 1 rings (SSSR count). The van der Waals surface area contributed by atoms with E-state index in [-0.39, 0.29) is 12.1 Å². The first-order valence-electron chi connectivity index (χ1n) is 6.36. The Bertz CT molecular complexity index is 279. The molecular weight excluding hydrogens is 220 g/mol. The predicted molar refractivity (Wildman–Crippen MR) is 64.9 cm³/mol. The van der Waals surface area contributed by atoms with Gasteiger partial charge in [-0.2, -0.15) is 0 Å². The Kier molecular flexibility index (Phi) is 5.25. The van der Waals surface area contributed by atoms with Gasteiger partial charge in [-0.05, 0) is 32.6 Å². The number of carboxylic acid groups (broad SMARTS) is 1. The first-order valence-corrected chi connectivity index (χ1v) is 6.36. The molecule has 0 aliphatic carbocycles. The van der Waals surface area contributed by atoms with Crippen molar-refractivity contribution in [1.29, 1.82) is 0 Å². The number of carbonyl (C=O) groups excluding carboxylic acids is 1. The van der Waals surface area contributed by atoms with Crippen LogP contribution in [-0.2, 0) is 4.79 Å². The number of carbonyl (C=O) groups is 2. The second kappa shape index (κ2) is 6.47. The molecule has 0 bridgehead atoms. The molecule has 1 unspecified atom stereocenters. The van der Waals surface area contributed by atoms with Crippen molar-refractivity contribution in [1.82, 2.24) is 10.2 Å². The minimum absolute atomic E-state index is 0.238. The van der Waals surface area contributed by atoms with Crippen molar-refractivity contribution < 1.29 is 14.7 Å². The van der Waals surface area contributed by atoms with Crippen molar-refractivity contribution >= 4 is 12.0 Å². The van der Waals surface area contributed by atoms with Crippen LogP contribution in [0.1, 0.15) is 46.0 Å². The lowest BCUT2D eigenvalue weighted by Crippen LogP contribution is -2.52. The number of nitrogens with one attached hydrogen (secondary N) is 1. The van der Waals surface area contributed by atoms with Crippen LogP contribution in [0.4, 0.5) is 4.79 Å². The van der Waals surface area contributed by atoms with E-state index in [1.807, 2.05) is 0 Å². The normalized spacial score (nSPS) is 22.0. The lowest BCUT2D eigenvalue weighted by molar-refractivity contribution is -0.138. The maximum atomic E-state index is 11.9. The fourth-order valence-electron chi connectivity index (χ4n) is 2.23. The van der Waals surface area contributed by atoms with Gasteiger partial charge in [0.2, 0.25) is 0 Å². The number of hydrogen-bond acceptors (Lipinski definition) is 2. The highest BCUT2D eigenvalue weighted by Crippen LogP contribution is 2.20. The van der Waals surface area contributed by atoms with Crippen molar-refractivity contribution in [2.45, 2.75) is 58.0 Å². The fourth-order valence-corrected chi connectivity index (χ4v) is 2.23. The summed E-state index contributed by atoms with van der Waals surface area (Å²) in [4.78, 5) is 24.4. The van der Waals surface area contributed by atoms with Crippen LogP contribution in [0.3, 0.4) is 0 Å². The molecule has 0 spiro atoms. The van der Waals surface area contributed by atoms with Gasteiger partial charge >= 0.3 is 12.0 Å². The van der Waals surface area contributed by atoms with Gasteiger partial charge in [0.25, 0.3) is 0 Å². The third kappa shape index (κ3) is 3.91. The van der Waals surface area contributed by atoms with Crippen LogP contribution in [0.2, 0.25) is 0 Å². The van der Waals surface area contributed by atoms with E-state index < -0.39 is 12.0 Å². The molecule has 2 amide bonds. The van der Waals surface area contributed by atoms with Crippen molar-refractivity contribution in [3.05, 3.63) is 0 Å². The van der Waals surface area contributed by atoms with Gasteiger partial charge < -0.3 is 15.3 Å². The number of amides is 2. The summed E-state index contributed by atoms with van der Waals surface area (Å²) in [5.74, 6) is -0.998. The summed E-state index contributed by atoms with van der Waals surface area (Å²) in [6.07, 6.45) is 5.23. The van der Waals surface area contributed by atoms with Crippen LogP contribution in [0.15, 0.2) is 0 Å². The van der Waals surface area contributed by atoms with Crippen LogP contribution in [0.5, 0.6) is 0 Å². The monoisotopic (exact) mass is 242 g/mol. The number of rotatable bonds is 4. The molecule has 2 N–H and O–H groups in total. The maximum absolute atomic E-state index is 11.9. The lowest BCUT2D eigenvalue weighted by atomic mass is 9.99. The Hall–Kier alpha value is -1.26. The van der Waals surface area contributed by atoms with Gasteiger partial charge in [-0.15, -0.1) is 0 Å². The van der Waals surface area contributed by atoms with Crippen LogP contribution in [0, 0.1) is 0 Å². The summed E-state index contributed by atoms with van der Waals surface area (Å²) in [6, 6.07) is -0.792. The molecule has 5 heteroatoms. The zero-order chi connectivity index (χ0) is 12.8. The number of hydrogen-bond donors (Lipinski definition) is 2. The molecule has 1 aliphatic heterocycles. The number of aliphatic carboxylic acids is 1. The summed E-state index contributed by atoms with van der Waals surface area (Å²) in [7, 11) is 0.